The van der Waals surface area contributed by atoms with Crippen molar-refractivity contribution in [3.63, 3.8) is 0 Å². The average molecular weight is 421 g/mol. The molecular formula is C25H28N2O4. The molecule has 2 rings (SSSR count). The molecule has 0 N–H and O–H groups in total. The van der Waals surface area contributed by atoms with Crippen molar-refractivity contribution < 1.29 is 19.1 Å². The number of nitrogens with zero attached hydrogens (tertiary/aromatic N) is 2. The third-order valence-corrected chi connectivity index (χ3v) is 4.47. The number of hydrogen-bond acceptors (Lipinski definition) is 6. The van der Waals surface area contributed by atoms with Crippen LogP contribution in [-0.4, -0.2) is 25.2 Å². The van der Waals surface area contributed by atoms with Crippen LogP contribution in [0.2, 0.25) is 0 Å². The molecule has 0 aromatic heterocycles. The van der Waals surface area contributed by atoms with E-state index in [0.29, 0.717) is 24.3 Å². The van der Waals surface area contributed by atoms with Crippen LogP contribution >= 0.6 is 0 Å². The Labute approximate surface area is 184 Å². The molecule has 31 heavy (non-hydrogen) atoms. The van der Waals surface area contributed by atoms with Crippen LogP contribution in [0, 0.1) is 22.7 Å². The van der Waals surface area contributed by atoms with Gasteiger partial charge in [-0.25, -0.2) is 9.59 Å². The maximum absolute atomic E-state index is 11.5. The monoisotopic (exact) mass is 420 g/mol. The van der Waals surface area contributed by atoms with Crippen molar-refractivity contribution in [2.75, 3.05) is 13.2 Å². The molecule has 1 unspecified atom stereocenters. The molecule has 6 nitrogen and oxygen atoms in total. The maximum atomic E-state index is 11.5. The van der Waals surface area contributed by atoms with Crippen LogP contribution in [0.4, 0.5) is 0 Å². The van der Waals surface area contributed by atoms with Gasteiger partial charge in [-0.05, 0) is 70.0 Å². The number of carbonyl (C=O) groups excluding carboxylic acids is 2. The molecule has 2 aromatic carbocycles. The van der Waals surface area contributed by atoms with Gasteiger partial charge in [0.05, 0.1) is 47.8 Å². The number of nitriles is 2. The van der Waals surface area contributed by atoms with Crippen molar-refractivity contribution in [2.45, 2.75) is 46.0 Å². The molecule has 0 aliphatic carbocycles. The van der Waals surface area contributed by atoms with Gasteiger partial charge < -0.3 is 9.47 Å². The molecule has 0 bridgehead atoms. The van der Waals surface area contributed by atoms with Crippen LogP contribution < -0.4 is 0 Å². The highest BCUT2D eigenvalue weighted by Crippen LogP contribution is 2.23. The van der Waals surface area contributed by atoms with Crippen LogP contribution in [0.3, 0.4) is 0 Å². The second kappa shape index (κ2) is 12.1. The van der Waals surface area contributed by atoms with Gasteiger partial charge in [-0.1, -0.05) is 24.3 Å². The van der Waals surface area contributed by atoms with Gasteiger partial charge >= 0.3 is 11.9 Å². The lowest BCUT2D eigenvalue weighted by molar-refractivity contribution is 0.0516. The van der Waals surface area contributed by atoms with Gasteiger partial charge in [-0.15, -0.1) is 0 Å². The van der Waals surface area contributed by atoms with E-state index in [9.17, 15) is 9.59 Å². The fourth-order valence-corrected chi connectivity index (χ4v) is 2.54. The standard InChI is InChI=1S/C13H15NO2.C12H13NO2/c1-4-16-12(15)10-6-5-7-11(8-10)13(2,3)9-14;1-3-15-12(14)11-6-4-5-10(7-11)9(2)8-13/h5-8H,4H2,1-3H3;4-7,9H,3H2,1-2H3. The van der Waals surface area contributed by atoms with E-state index in [0.717, 1.165) is 11.1 Å². The highest BCUT2D eigenvalue weighted by molar-refractivity contribution is 5.90. The molecule has 0 amide bonds. The first-order valence-electron chi connectivity index (χ1n) is 10.1. The van der Waals surface area contributed by atoms with Crippen molar-refractivity contribution in [2.24, 2.45) is 0 Å². The summed E-state index contributed by atoms with van der Waals surface area (Å²) >= 11 is 0. The summed E-state index contributed by atoms with van der Waals surface area (Å²) in [6.07, 6.45) is 0. The third-order valence-electron chi connectivity index (χ3n) is 4.47. The molecule has 162 valence electrons. The van der Waals surface area contributed by atoms with E-state index in [2.05, 4.69) is 12.1 Å². The molecule has 1 atom stereocenters. The third kappa shape index (κ3) is 7.60. The van der Waals surface area contributed by atoms with Crippen LogP contribution in [0.25, 0.3) is 0 Å². The second-order valence-electron chi connectivity index (χ2n) is 7.23. The van der Waals surface area contributed by atoms with E-state index < -0.39 is 5.41 Å². The summed E-state index contributed by atoms with van der Waals surface area (Å²) in [5.41, 5.74) is 2.05. The highest BCUT2D eigenvalue weighted by atomic mass is 16.5. The predicted octanol–water partition coefficient (Wildman–Crippen LogP) is 5.15. The summed E-state index contributed by atoms with van der Waals surface area (Å²) in [5, 5.41) is 17.8. The topological polar surface area (TPSA) is 100 Å². The normalized spacial score (nSPS) is 11.1. The Hall–Kier alpha value is -3.64. The molecule has 0 heterocycles. The van der Waals surface area contributed by atoms with Crippen molar-refractivity contribution in [3.05, 3.63) is 70.8 Å². The smallest absolute Gasteiger partial charge is 0.338 e. The van der Waals surface area contributed by atoms with Crippen LogP contribution in [0.5, 0.6) is 0 Å². The number of ether oxygens (including phenoxy) is 2. The van der Waals surface area contributed by atoms with Gasteiger partial charge in [0.1, 0.15) is 0 Å². The minimum atomic E-state index is -0.595. The van der Waals surface area contributed by atoms with E-state index in [4.69, 9.17) is 20.0 Å². The predicted molar refractivity (Wildman–Crippen MR) is 117 cm³/mol. The molecule has 2 aromatic rings. The Morgan fingerprint density at radius 2 is 1.45 bits per heavy atom. The van der Waals surface area contributed by atoms with Crippen molar-refractivity contribution in [1.29, 1.82) is 10.5 Å². The summed E-state index contributed by atoms with van der Waals surface area (Å²) in [4.78, 5) is 22.9. The van der Waals surface area contributed by atoms with Crippen LogP contribution in [0.15, 0.2) is 48.5 Å². The fourth-order valence-electron chi connectivity index (χ4n) is 2.54. The molecule has 0 radical (unpaired) electrons. The second-order valence-corrected chi connectivity index (χ2v) is 7.23. The first-order chi connectivity index (χ1) is 14.7. The van der Waals surface area contributed by atoms with E-state index in [1.165, 1.54) is 0 Å². The summed E-state index contributed by atoms with van der Waals surface area (Å²) < 4.78 is 9.78. The largest absolute Gasteiger partial charge is 0.462 e. The zero-order valence-electron chi connectivity index (χ0n) is 18.6. The van der Waals surface area contributed by atoms with Gasteiger partial charge in [-0.3, -0.25) is 0 Å². The molecular weight excluding hydrogens is 392 g/mol. The maximum Gasteiger partial charge on any atom is 0.338 e. The SMILES string of the molecule is CCOC(=O)c1cccc(C(C)(C)C#N)c1.CCOC(=O)c1cccc(C(C)C#N)c1. The molecule has 0 spiro atoms. The van der Waals surface area contributed by atoms with E-state index in [1.54, 1.807) is 57.2 Å². The van der Waals surface area contributed by atoms with E-state index >= 15 is 0 Å². The Kier molecular flexibility index (Phi) is 9.95. The summed E-state index contributed by atoms with van der Waals surface area (Å²) in [7, 11) is 0. The lowest BCUT2D eigenvalue weighted by Crippen LogP contribution is -2.15. The summed E-state index contributed by atoms with van der Waals surface area (Å²) in [6, 6.07) is 18.3. The number of esters is 2. The molecule has 0 saturated heterocycles. The van der Waals surface area contributed by atoms with Crippen molar-refractivity contribution >= 4 is 11.9 Å². The van der Waals surface area contributed by atoms with E-state index in [1.807, 2.05) is 26.0 Å². The average Bonchev–Trinajstić information content (AvgIpc) is 2.79. The molecule has 0 aliphatic rings. The van der Waals surface area contributed by atoms with Crippen molar-refractivity contribution in [1.82, 2.24) is 0 Å². The first-order valence-corrected chi connectivity index (χ1v) is 10.1. The zero-order chi connectivity index (χ0) is 23.4. The lowest BCUT2D eigenvalue weighted by atomic mass is 9.85. The van der Waals surface area contributed by atoms with Crippen LogP contribution in [0.1, 0.15) is 72.4 Å². The molecule has 0 fully saturated rings. The number of benzene rings is 2. The highest BCUT2D eigenvalue weighted by Gasteiger charge is 2.21. The fraction of sp³-hybridized carbons (Fsp3) is 0.360. The minimum absolute atomic E-state index is 0.209. The van der Waals surface area contributed by atoms with Gasteiger partial charge in [-0.2, -0.15) is 10.5 Å². The Balaban J connectivity index is 0.000000311. The quantitative estimate of drug-likeness (QED) is 0.599. The molecule has 0 aliphatic heterocycles. The van der Waals surface area contributed by atoms with Gasteiger partial charge in [0.25, 0.3) is 0 Å². The Bertz CT molecular complexity index is 984. The molecule has 0 saturated carbocycles. The number of carbonyl (C=O) groups is 2. The molecule has 6 heteroatoms. The van der Waals surface area contributed by atoms with E-state index in [-0.39, 0.29) is 17.9 Å². The van der Waals surface area contributed by atoms with Gasteiger partial charge in [0.15, 0.2) is 0 Å². The van der Waals surface area contributed by atoms with Gasteiger partial charge in [0.2, 0.25) is 0 Å². The Morgan fingerprint density at radius 1 is 0.935 bits per heavy atom. The first kappa shape index (κ1) is 25.4. The van der Waals surface area contributed by atoms with Crippen LogP contribution in [-0.2, 0) is 14.9 Å². The summed E-state index contributed by atoms with van der Waals surface area (Å²) in [6.45, 7) is 9.67. The summed E-state index contributed by atoms with van der Waals surface area (Å²) in [5.74, 6) is -0.901. The van der Waals surface area contributed by atoms with Crippen molar-refractivity contribution in [3.8, 4) is 12.1 Å². The number of rotatable bonds is 6. The minimum Gasteiger partial charge on any atom is -0.462 e. The zero-order valence-corrected chi connectivity index (χ0v) is 18.6. The Morgan fingerprint density at radius 3 is 1.94 bits per heavy atom. The number of hydrogen-bond donors (Lipinski definition) is 0. The van der Waals surface area contributed by atoms with Gasteiger partial charge in [0, 0.05) is 0 Å². The lowest BCUT2D eigenvalue weighted by Gasteiger charge is -2.16.